The summed E-state index contributed by atoms with van der Waals surface area (Å²) in [4.78, 5) is 4.39. The van der Waals surface area contributed by atoms with E-state index in [2.05, 4.69) is 11.1 Å². The average molecular weight is 348 g/mol. The van der Waals surface area contributed by atoms with Gasteiger partial charge in [0.25, 0.3) is 0 Å². The van der Waals surface area contributed by atoms with Crippen molar-refractivity contribution < 1.29 is 4.42 Å². The molecule has 4 rings (SSSR count). The third-order valence-electron chi connectivity index (χ3n) is 4.23. The Morgan fingerprint density at radius 1 is 0.741 bits per heavy atom. The van der Waals surface area contributed by atoms with Crippen molar-refractivity contribution in [1.82, 2.24) is 4.98 Å². The van der Waals surface area contributed by atoms with Crippen molar-refractivity contribution in [3.05, 3.63) is 102 Å². The van der Waals surface area contributed by atoms with Gasteiger partial charge in [0.1, 0.15) is 0 Å². The Balaban J connectivity index is 1.50. The first kappa shape index (κ1) is 16.6. The highest BCUT2D eigenvalue weighted by atomic mass is 16.4. The van der Waals surface area contributed by atoms with Crippen LogP contribution in [0.15, 0.2) is 89.5 Å². The molecule has 0 N–H and O–H groups in total. The lowest BCUT2D eigenvalue weighted by atomic mass is 10.1. The molecule has 3 nitrogen and oxygen atoms in total. The topological polar surface area (TPSA) is 49.8 Å². The van der Waals surface area contributed by atoms with Crippen LogP contribution in [0.4, 0.5) is 0 Å². The van der Waals surface area contributed by atoms with Crippen LogP contribution in [0, 0.1) is 11.3 Å². The van der Waals surface area contributed by atoms with Crippen LogP contribution < -0.4 is 0 Å². The lowest BCUT2D eigenvalue weighted by Gasteiger charge is -1.99. The van der Waals surface area contributed by atoms with Crippen molar-refractivity contribution in [3.8, 4) is 28.8 Å². The molecule has 1 heterocycles. The maximum Gasteiger partial charge on any atom is 0.226 e. The van der Waals surface area contributed by atoms with Gasteiger partial charge in [0.15, 0.2) is 5.76 Å². The quantitative estimate of drug-likeness (QED) is 0.422. The Hall–Kier alpha value is -3.90. The zero-order valence-corrected chi connectivity index (χ0v) is 14.5. The summed E-state index contributed by atoms with van der Waals surface area (Å²) in [7, 11) is 0. The first-order valence-electron chi connectivity index (χ1n) is 8.62. The van der Waals surface area contributed by atoms with E-state index in [1.165, 1.54) is 0 Å². The van der Waals surface area contributed by atoms with Crippen LogP contribution in [-0.2, 0) is 0 Å². The normalized spacial score (nSPS) is 10.8. The van der Waals surface area contributed by atoms with Gasteiger partial charge < -0.3 is 4.42 Å². The third-order valence-corrected chi connectivity index (χ3v) is 4.23. The summed E-state index contributed by atoms with van der Waals surface area (Å²) in [5.74, 6) is 1.37. The molecule has 0 aliphatic rings. The minimum Gasteiger partial charge on any atom is -0.436 e. The fourth-order valence-corrected chi connectivity index (χ4v) is 2.74. The van der Waals surface area contributed by atoms with Crippen LogP contribution in [0.3, 0.4) is 0 Å². The van der Waals surface area contributed by atoms with Gasteiger partial charge in [-0.15, -0.1) is 0 Å². The largest absolute Gasteiger partial charge is 0.436 e. The van der Waals surface area contributed by atoms with E-state index in [4.69, 9.17) is 9.68 Å². The van der Waals surface area contributed by atoms with Gasteiger partial charge in [-0.25, -0.2) is 4.98 Å². The van der Waals surface area contributed by atoms with Crippen molar-refractivity contribution in [1.29, 1.82) is 5.26 Å². The van der Waals surface area contributed by atoms with Crippen molar-refractivity contribution in [2.45, 2.75) is 0 Å². The van der Waals surface area contributed by atoms with Gasteiger partial charge in [0.2, 0.25) is 5.89 Å². The minimum atomic E-state index is 0.608. The number of hydrogen-bond donors (Lipinski definition) is 0. The van der Waals surface area contributed by atoms with Crippen LogP contribution in [0.2, 0.25) is 0 Å². The molecule has 0 bridgehead atoms. The van der Waals surface area contributed by atoms with Gasteiger partial charge >= 0.3 is 0 Å². The zero-order chi connectivity index (χ0) is 18.5. The van der Waals surface area contributed by atoms with E-state index in [0.717, 1.165) is 28.0 Å². The molecule has 0 amide bonds. The van der Waals surface area contributed by atoms with Crippen LogP contribution in [0.1, 0.15) is 16.7 Å². The minimum absolute atomic E-state index is 0.608. The second kappa shape index (κ2) is 7.55. The summed E-state index contributed by atoms with van der Waals surface area (Å²) in [5, 5.41) is 8.84. The molecule has 27 heavy (non-hydrogen) atoms. The SMILES string of the molecule is N#Cc1ccc(C=Cc2ccc(-c3ncc(-c4ccccc4)o3)cc2)cc1. The molecule has 0 unspecified atom stereocenters. The summed E-state index contributed by atoms with van der Waals surface area (Å²) < 4.78 is 5.89. The van der Waals surface area contributed by atoms with E-state index in [1.54, 1.807) is 6.20 Å². The first-order valence-corrected chi connectivity index (χ1v) is 8.62. The molecule has 0 radical (unpaired) electrons. The van der Waals surface area contributed by atoms with E-state index in [0.29, 0.717) is 11.5 Å². The summed E-state index contributed by atoms with van der Waals surface area (Å²) in [6.07, 6.45) is 5.81. The van der Waals surface area contributed by atoms with Gasteiger partial charge in [-0.2, -0.15) is 5.26 Å². The van der Waals surface area contributed by atoms with Gasteiger partial charge in [0.05, 0.1) is 17.8 Å². The van der Waals surface area contributed by atoms with Gasteiger partial charge in [0, 0.05) is 11.1 Å². The third kappa shape index (κ3) is 3.86. The monoisotopic (exact) mass is 348 g/mol. The summed E-state index contributed by atoms with van der Waals surface area (Å²) >= 11 is 0. The molecule has 128 valence electrons. The molecule has 0 fully saturated rings. The lowest BCUT2D eigenvalue weighted by molar-refractivity contribution is 0.589. The van der Waals surface area contributed by atoms with Crippen molar-refractivity contribution >= 4 is 12.2 Å². The van der Waals surface area contributed by atoms with Gasteiger partial charge in [-0.3, -0.25) is 0 Å². The van der Waals surface area contributed by atoms with Gasteiger partial charge in [-0.05, 0) is 35.4 Å². The Kier molecular flexibility index (Phi) is 4.63. The van der Waals surface area contributed by atoms with Crippen molar-refractivity contribution in [2.24, 2.45) is 0 Å². The Morgan fingerprint density at radius 2 is 1.37 bits per heavy atom. The maximum atomic E-state index is 8.84. The standard InChI is InChI=1S/C24H16N2O/c25-16-20-10-8-18(9-11-20)6-7-19-12-14-22(15-13-19)24-26-17-23(27-24)21-4-2-1-3-5-21/h1-15,17H. The molecular weight excluding hydrogens is 332 g/mol. The van der Waals surface area contributed by atoms with Gasteiger partial charge in [-0.1, -0.05) is 66.7 Å². The molecular formula is C24H16N2O. The van der Waals surface area contributed by atoms with Crippen molar-refractivity contribution in [3.63, 3.8) is 0 Å². The van der Waals surface area contributed by atoms with Crippen LogP contribution in [0.25, 0.3) is 34.9 Å². The number of nitriles is 1. The number of benzene rings is 3. The fourth-order valence-electron chi connectivity index (χ4n) is 2.74. The molecule has 0 saturated heterocycles. The maximum absolute atomic E-state index is 8.84. The average Bonchev–Trinajstić information content (AvgIpc) is 3.24. The molecule has 0 atom stereocenters. The Bertz CT molecular complexity index is 1100. The smallest absolute Gasteiger partial charge is 0.226 e. The van der Waals surface area contributed by atoms with Crippen LogP contribution in [0.5, 0.6) is 0 Å². The number of aromatic nitrogens is 1. The molecule has 0 saturated carbocycles. The summed E-state index contributed by atoms with van der Waals surface area (Å²) in [6.45, 7) is 0. The molecule has 0 spiro atoms. The van der Waals surface area contributed by atoms with Crippen LogP contribution in [-0.4, -0.2) is 4.98 Å². The predicted octanol–water partition coefficient (Wildman–Crippen LogP) is 6.05. The Labute approximate surface area is 157 Å². The molecule has 3 heteroatoms. The molecule has 4 aromatic rings. The van der Waals surface area contributed by atoms with E-state index in [9.17, 15) is 0 Å². The zero-order valence-electron chi connectivity index (χ0n) is 14.5. The van der Waals surface area contributed by atoms with Crippen LogP contribution >= 0.6 is 0 Å². The molecule has 3 aromatic carbocycles. The summed E-state index contributed by atoms with van der Waals surface area (Å²) in [5.41, 5.74) is 4.75. The van der Waals surface area contributed by atoms with E-state index in [-0.39, 0.29) is 0 Å². The highest BCUT2D eigenvalue weighted by Gasteiger charge is 2.07. The molecule has 0 aliphatic heterocycles. The highest BCUT2D eigenvalue weighted by Crippen LogP contribution is 2.26. The van der Waals surface area contributed by atoms with E-state index < -0.39 is 0 Å². The Morgan fingerprint density at radius 3 is 2.00 bits per heavy atom. The number of oxazole rings is 1. The molecule has 0 aliphatic carbocycles. The number of hydrogen-bond acceptors (Lipinski definition) is 3. The van der Waals surface area contributed by atoms with E-state index in [1.807, 2.05) is 91.0 Å². The molecule has 1 aromatic heterocycles. The number of nitrogens with zero attached hydrogens (tertiary/aromatic N) is 2. The second-order valence-corrected chi connectivity index (χ2v) is 6.08. The second-order valence-electron chi connectivity index (χ2n) is 6.08. The number of rotatable bonds is 4. The van der Waals surface area contributed by atoms with Crippen molar-refractivity contribution in [2.75, 3.05) is 0 Å². The van der Waals surface area contributed by atoms with E-state index >= 15 is 0 Å². The fraction of sp³-hybridized carbons (Fsp3) is 0. The highest BCUT2D eigenvalue weighted by molar-refractivity contribution is 5.71. The lowest BCUT2D eigenvalue weighted by Crippen LogP contribution is -1.78. The first-order chi connectivity index (χ1) is 13.3. The summed E-state index contributed by atoms with van der Waals surface area (Å²) in [6, 6.07) is 27.6. The predicted molar refractivity (Wildman–Crippen MR) is 107 cm³/mol.